The van der Waals surface area contributed by atoms with Gasteiger partial charge in [-0.15, -0.1) is 0 Å². The average molecular weight is 546 g/mol. The Morgan fingerprint density at radius 3 is 1.97 bits per heavy atom. The van der Waals surface area contributed by atoms with E-state index in [-0.39, 0.29) is 18.1 Å². The van der Waals surface area contributed by atoms with Gasteiger partial charge in [0.2, 0.25) is 0 Å². The van der Waals surface area contributed by atoms with Crippen molar-refractivity contribution in [1.82, 2.24) is 15.1 Å². The van der Waals surface area contributed by atoms with Gasteiger partial charge in [0.1, 0.15) is 11.9 Å². The Hall–Kier alpha value is -2.86. The van der Waals surface area contributed by atoms with Crippen LogP contribution in [0, 0.1) is 13.8 Å². The molecule has 0 bridgehead atoms. The number of likely N-dealkylation sites (tertiary alicyclic amines) is 2. The standard InChI is InChI=1S/C33H40ClN3O2/c1-24-3-5-26(6-4-24)22-37-19-15-31(16-20-37)39-32-12-9-28(21-25(32)2)33(38)35-30-13-17-36(18-14-30)23-27-7-10-29(34)11-8-27/h3-12,21,30-31H,13-20,22-23H2,1-2H3,(H,35,38). The molecule has 3 aromatic carbocycles. The third kappa shape index (κ3) is 7.84. The minimum absolute atomic E-state index is 0.00483. The Labute approximate surface area is 238 Å². The van der Waals surface area contributed by atoms with Crippen molar-refractivity contribution >= 4 is 17.5 Å². The molecule has 0 atom stereocenters. The first-order valence-corrected chi connectivity index (χ1v) is 14.6. The summed E-state index contributed by atoms with van der Waals surface area (Å²) in [6.45, 7) is 10.1. The lowest BCUT2D eigenvalue weighted by atomic mass is 10.0. The number of nitrogens with zero attached hydrogens (tertiary/aromatic N) is 2. The smallest absolute Gasteiger partial charge is 0.251 e. The number of hydrogen-bond donors (Lipinski definition) is 1. The van der Waals surface area contributed by atoms with Crippen molar-refractivity contribution < 1.29 is 9.53 Å². The molecule has 0 aliphatic carbocycles. The van der Waals surface area contributed by atoms with Crippen LogP contribution in [0.15, 0.2) is 66.7 Å². The number of benzene rings is 3. The highest BCUT2D eigenvalue weighted by atomic mass is 35.5. The van der Waals surface area contributed by atoms with Crippen molar-refractivity contribution in [3.63, 3.8) is 0 Å². The van der Waals surface area contributed by atoms with E-state index in [1.165, 1.54) is 16.7 Å². The van der Waals surface area contributed by atoms with Crippen molar-refractivity contribution in [2.75, 3.05) is 26.2 Å². The first kappa shape index (κ1) is 27.7. The molecule has 206 valence electrons. The van der Waals surface area contributed by atoms with E-state index < -0.39 is 0 Å². The second-order valence-electron chi connectivity index (χ2n) is 11.2. The molecule has 6 heteroatoms. The molecule has 39 heavy (non-hydrogen) atoms. The molecule has 0 aromatic heterocycles. The van der Waals surface area contributed by atoms with E-state index in [2.05, 4.69) is 58.4 Å². The number of nitrogens with one attached hydrogen (secondary N) is 1. The van der Waals surface area contributed by atoms with E-state index in [0.717, 1.165) is 81.3 Å². The molecule has 2 heterocycles. The van der Waals surface area contributed by atoms with Crippen LogP contribution in [0.5, 0.6) is 5.75 Å². The quantitative estimate of drug-likeness (QED) is 0.356. The maximum Gasteiger partial charge on any atom is 0.251 e. The maximum absolute atomic E-state index is 13.0. The van der Waals surface area contributed by atoms with Gasteiger partial charge in [0.15, 0.2) is 0 Å². The lowest BCUT2D eigenvalue weighted by molar-refractivity contribution is 0.0907. The van der Waals surface area contributed by atoms with Crippen molar-refractivity contribution in [1.29, 1.82) is 0 Å². The molecule has 5 nitrogen and oxygen atoms in total. The van der Waals surface area contributed by atoms with Gasteiger partial charge < -0.3 is 10.1 Å². The average Bonchev–Trinajstić information content (AvgIpc) is 2.94. The van der Waals surface area contributed by atoms with Gasteiger partial charge in [-0.2, -0.15) is 0 Å². The zero-order valence-corrected chi connectivity index (χ0v) is 23.9. The summed E-state index contributed by atoms with van der Waals surface area (Å²) in [4.78, 5) is 17.9. The number of carbonyl (C=O) groups is 1. The normalized spacial score (nSPS) is 17.7. The van der Waals surface area contributed by atoms with E-state index in [4.69, 9.17) is 16.3 Å². The first-order valence-electron chi connectivity index (χ1n) is 14.2. The number of ether oxygens (including phenoxy) is 1. The lowest BCUT2D eigenvalue weighted by Gasteiger charge is -2.33. The van der Waals surface area contributed by atoms with Gasteiger partial charge in [0.05, 0.1) is 0 Å². The summed E-state index contributed by atoms with van der Waals surface area (Å²) >= 11 is 6.00. The van der Waals surface area contributed by atoms with Crippen molar-refractivity contribution in [3.8, 4) is 5.75 Å². The van der Waals surface area contributed by atoms with Crippen LogP contribution in [0.4, 0.5) is 0 Å². The van der Waals surface area contributed by atoms with E-state index in [0.29, 0.717) is 5.56 Å². The molecule has 0 saturated carbocycles. The molecule has 2 fully saturated rings. The Morgan fingerprint density at radius 2 is 1.38 bits per heavy atom. The van der Waals surface area contributed by atoms with Gasteiger partial charge in [0.25, 0.3) is 5.91 Å². The molecule has 1 N–H and O–H groups in total. The second-order valence-corrected chi connectivity index (χ2v) is 11.6. The molecule has 0 unspecified atom stereocenters. The summed E-state index contributed by atoms with van der Waals surface area (Å²) < 4.78 is 6.38. The highest BCUT2D eigenvalue weighted by molar-refractivity contribution is 6.30. The number of carbonyl (C=O) groups excluding carboxylic acids is 1. The summed E-state index contributed by atoms with van der Waals surface area (Å²) in [5.74, 6) is 0.893. The van der Waals surface area contributed by atoms with Crippen molar-refractivity contribution in [3.05, 3.63) is 99.6 Å². The Bertz CT molecular complexity index is 1230. The summed E-state index contributed by atoms with van der Waals surface area (Å²) in [5, 5.41) is 4.02. The van der Waals surface area contributed by atoms with Crippen LogP contribution in [-0.4, -0.2) is 54.0 Å². The number of amides is 1. The number of aryl methyl sites for hydroxylation is 2. The van der Waals surface area contributed by atoms with Gasteiger partial charge >= 0.3 is 0 Å². The predicted octanol–water partition coefficient (Wildman–Crippen LogP) is 6.39. The molecule has 1 amide bonds. The molecule has 0 radical (unpaired) electrons. The molecular formula is C33H40ClN3O2. The third-order valence-corrected chi connectivity index (χ3v) is 8.29. The van der Waals surface area contributed by atoms with Crippen LogP contribution in [-0.2, 0) is 13.1 Å². The third-order valence-electron chi connectivity index (χ3n) is 8.03. The SMILES string of the molecule is Cc1ccc(CN2CCC(Oc3ccc(C(=O)NC4CCN(Cc5ccc(Cl)cc5)CC4)cc3C)CC2)cc1. The van der Waals surface area contributed by atoms with Crippen molar-refractivity contribution in [2.24, 2.45) is 0 Å². The number of piperidine rings is 2. The van der Waals surface area contributed by atoms with E-state index >= 15 is 0 Å². The number of rotatable bonds is 8. The van der Waals surface area contributed by atoms with E-state index in [9.17, 15) is 4.79 Å². The van der Waals surface area contributed by atoms with Crippen LogP contribution in [0.3, 0.4) is 0 Å². The Balaban J connectivity index is 1.05. The van der Waals surface area contributed by atoms with E-state index in [1.807, 2.05) is 37.3 Å². The molecule has 2 aliphatic heterocycles. The van der Waals surface area contributed by atoms with Crippen LogP contribution in [0.25, 0.3) is 0 Å². The maximum atomic E-state index is 13.0. The van der Waals surface area contributed by atoms with Gasteiger partial charge in [-0.25, -0.2) is 0 Å². The topological polar surface area (TPSA) is 44.8 Å². The summed E-state index contributed by atoms with van der Waals surface area (Å²) in [5.41, 5.74) is 5.66. The van der Waals surface area contributed by atoms with Gasteiger partial charge in [-0.3, -0.25) is 14.6 Å². The monoisotopic (exact) mass is 545 g/mol. The van der Waals surface area contributed by atoms with Crippen molar-refractivity contribution in [2.45, 2.75) is 64.8 Å². The van der Waals surface area contributed by atoms with Gasteiger partial charge in [-0.05, 0) is 86.6 Å². The molecule has 2 saturated heterocycles. The Kier molecular flexibility index (Phi) is 9.23. The summed E-state index contributed by atoms with van der Waals surface area (Å²) in [6, 6.07) is 22.9. The number of hydrogen-bond acceptors (Lipinski definition) is 4. The largest absolute Gasteiger partial charge is 0.490 e. The minimum atomic E-state index is 0.00483. The molecule has 3 aromatic rings. The zero-order valence-electron chi connectivity index (χ0n) is 23.2. The first-order chi connectivity index (χ1) is 18.9. The molecule has 0 spiro atoms. The highest BCUT2D eigenvalue weighted by Gasteiger charge is 2.23. The van der Waals surface area contributed by atoms with Crippen LogP contribution in [0.2, 0.25) is 5.02 Å². The summed E-state index contributed by atoms with van der Waals surface area (Å²) in [7, 11) is 0. The Morgan fingerprint density at radius 1 is 0.821 bits per heavy atom. The highest BCUT2D eigenvalue weighted by Crippen LogP contribution is 2.25. The van der Waals surface area contributed by atoms with Gasteiger partial charge in [0, 0.05) is 55.9 Å². The molecule has 5 rings (SSSR count). The summed E-state index contributed by atoms with van der Waals surface area (Å²) in [6.07, 6.45) is 4.18. The van der Waals surface area contributed by atoms with Crippen LogP contribution >= 0.6 is 11.6 Å². The fraction of sp³-hybridized carbons (Fsp3) is 0.424. The van der Waals surface area contributed by atoms with E-state index in [1.54, 1.807) is 0 Å². The zero-order chi connectivity index (χ0) is 27.2. The van der Waals surface area contributed by atoms with Crippen LogP contribution < -0.4 is 10.1 Å². The predicted molar refractivity (Wildman–Crippen MR) is 159 cm³/mol. The minimum Gasteiger partial charge on any atom is -0.490 e. The molecule has 2 aliphatic rings. The molecular weight excluding hydrogens is 506 g/mol. The lowest BCUT2D eigenvalue weighted by Crippen LogP contribution is -2.44. The van der Waals surface area contributed by atoms with Gasteiger partial charge in [-0.1, -0.05) is 53.6 Å². The second kappa shape index (κ2) is 13.0. The van der Waals surface area contributed by atoms with Crippen LogP contribution in [0.1, 0.15) is 58.3 Å². The fourth-order valence-electron chi connectivity index (χ4n) is 5.59. The number of halogens is 1. The fourth-order valence-corrected chi connectivity index (χ4v) is 5.72.